The van der Waals surface area contributed by atoms with Gasteiger partial charge < -0.3 is 10.4 Å². The summed E-state index contributed by atoms with van der Waals surface area (Å²) in [6.45, 7) is 2.16. The molecule has 80 valence electrons. The van der Waals surface area contributed by atoms with Crippen LogP contribution in [0.5, 0.6) is 0 Å². The predicted octanol–water partition coefficient (Wildman–Crippen LogP) is 0.912. The minimum Gasteiger partial charge on any atom is -0.396 e. The van der Waals surface area contributed by atoms with Crippen molar-refractivity contribution in [1.82, 2.24) is 14.6 Å². The van der Waals surface area contributed by atoms with Gasteiger partial charge in [0.1, 0.15) is 0 Å². The van der Waals surface area contributed by atoms with Gasteiger partial charge >= 0.3 is 0 Å². The number of pyridine rings is 1. The maximum Gasteiger partial charge on any atom is 0.243 e. The quantitative estimate of drug-likeness (QED) is 0.780. The fourth-order valence-electron chi connectivity index (χ4n) is 1.38. The van der Waals surface area contributed by atoms with E-state index in [4.69, 9.17) is 5.11 Å². The zero-order valence-electron chi connectivity index (χ0n) is 8.59. The fourth-order valence-corrected chi connectivity index (χ4v) is 1.38. The summed E-state index contributed by atoms with van der Waals surface area (Å²) in [6.07, 6.45) is 2.54. The lowest BCUT2D eigenvalue weighted by molar-refractivity contribution is 0.282. The number of aromatic nitrogens is 3. The second-order valence-electron chi connectivity index (χ2n) is 3.50. The number of hydrogen-bond donors (Lipinski definition) is 2. The monoisotopic (exact) mass is 206 g/mol. The molecule has 2 aromatic heterocycles. The van der Waals surface area contributed by atoms with Crippen molar-refractivity contribution in [1.29, 1.82) is 0 Å². The van der Waals surface area contributed by atoms with Crippen LogP contribution in [0.2, 0.25) is 0 Å². The molecule has 0 fully saturated rings. The van der Waals surface area contributed by atoms with E-state index < -0.39 is 0 Å². The third-order valence-corrected chi connectivity index (χ3v) is 2.18. The number of nitrogens with one attached hydrogen (secondary N) is 1. The van der Waals surface area contributed by atoms with Crippen LogP contribution in [0.1, 0.15) is 13.3 Å². The van der Waals surface area contributed by atoms with Crippen LogP contribution in [0, 0.1) is 0 Å². The molecule has 0 radical (unpaired) electrons. The summed E-state index contributed by atoms with van der Waals surface area (Å²) in [5.74, 6) is 0.599. The van der Waals surface area contributed by atoms with E-state index in [-0.39, 0.29) is 12.6 Å². The van der Waals surface area contributed by atoms with Gasteiger partial charge in [-0.25, -0.2) is 4.52 Å². The summed E-state index contributed by atoms with van der Waals surface area (Å²) in [5, 5.41) is 16.1. The summed E-state index contributed by atoms with van der Waals surface area (Å²) in [4.78, 5) is 4.29. The molecule has 1 unspecified atom stereocenters. The Labute approximate surface area is 87.8 Å². The van der Waals surface area contributed by atoms with Crippen molar-refractivity contribution in [2.75, 3.05) is 11.9 Å². The molecule has 0 spiro atoms. The van der Waals surface area contributed by atoms with Crippen LogP contribution >= 0.6 is 0 Å². The number of fused-ring (bicyclic) bond motifs is 1. The molecule has 1 atom stereocenters. The highest BCUT2D eigenvalue weighted by molar-refractivity contribution is 5.43. The molecule has 0 saturated heterocycles. The van der Waals surface area contributed by atoms with Crippen molar-refractivity contribution in [2.24, 2.45) is 0 Å². The van der Waals surface area contributed by atoms with Crippen molar-refractivity contribution >= 4 is 11.6 Å². The van der Waals surface area contributed by atoms with Crippen molar-refractivity contribution in [3.63, 3.8) is 0 Å². The molecule has 0 saturated carbocycles. The van der Waals surface area contributed by atoms with Gasteiger partial charge in [-0.1, -0.05) is 6.07 Å². The van der Waals surface area contributed by atoms with Crippen molar-refractivity contribution in [3.05, 3.63) is 24.4 Å². The Hall–Kier alpha value is -1.62. The van der Waals surface area contributed by atoms with Gasteiger partial charge in [0.05, 0.1) is 0 Å². The van der Waals surface area contributed by atoms with E-state index in [0.717, 1.165) is 5.65 Å². The van der Waals surface area contributed by atoms with E-state index in [1.165, 1.54) is 0 Å². The number of aliphatic hydroxyl groups is 1. The van der Waals surface area contributed by atoms with E-state index in [0.29, 0.717) is 12.4 Å². The Kier molecular flexibility index (Phi) is 2.82. The molecule has 15 heavy (non-hydrogen) atoms. The normalized spacial score (nSPS) is 12.9. The molecular weight excluding hydrogens is 192 g/mol. The van der Waals surface area contributed by atoms with Crippen molar-refractivity contribution in [3.8, 4) is 0 Å². The molecule has 2 heterocycles. The van der Waals surface area contributed by atoms with Gasteiger partial charge in [-0.2, -0.15) is 4.98 Å². The average molecular weight is 206 g/mol. The topological polar surface area (TPSA) is 62.5 Å². The highest BCUT2D eigenvalue weighted by Crippen LogP contribution is 2.06. The Balaban J connectivity index is 2.15. The van der Waals surface area contributed by atoms with Crippen LogP contribution in [0.25, 0.3) is 5.65 Å². The van der Waals surface area contributed by atoms with Crippen LogP contribution < -0.4 is 5.32 Å². The second kappa shape index (κ2) is 4.27. The molecule has 2 aromatic rings. The van der Waals surface area contributed by atoms with Gasteiger partial charge in [-0.3, -0.25) is 0 Å². The number of rotatable bonds is 4. The lowest BCUT2D eigenvalue weighted by atomic mass is 10.2. The number of hydrogen-bond acceptors (Lipinski definition) is 4. The standard InChI is InChI=1S/C10H14N4O/c1-8(5-7-15)11-10-12-9-4-2-3-6-14(9)13-10/h2-4,6,8,15H,5,7H2,1H3,(H,11,13). The van der Waals surface area contributed by atoms with Crippen molar-refractivity contribution < 1.29 is 5.11 Å². The first-order valence-corrected chi connectivity index (χ1v) is 4.98. The predicted molar refractivity (Wildman–Crippen MR) is 57.8 cm³/mol. The molecule has 5 nitrogen and oxygen atoms in total. The first-order valence-electron chi connectivity index (χ1n) is 4.98. The first-order chi connectivity index (χ1) is 7.29. The van der Waals surface area contributed by atoms with E-state index in [1.54, 1.807) is 4.52 Å². The van der Waals surface area contributed by atoms with Crippen LogP contribution in [-0.2, 0) is 0 Å². The summed E-state index contributed by atoms with van der Waals surface area (Å²) in [7, 11) is 0. The Morgan fingerprint density at radius 3 is 3.13 bits per heavy atom. The summed E-state index contributed by atoms with van der Waals surface area (Å²) < 4.78 is 1.72. The summed E-state index contributed by atoms with van der Waals surface area (Å²) in [6, 6.07) is 5.90. The summed E-state index contributed by atoms with van der Waals surface area (Å²) in [5.41, 5.74) is 0.816. The molecule has 0 bridgehead atoms. The van der Waals surface area contributed by atoms with E-state index in [1.807, 2.05) is 31.3 Å². The fraction of sp³-hybridized carbons (Fsp3) is 0.400. The molecule has 0 amide bonds. The highest BCUT2D eigenvalue weighted by atomic mass is 16.3. The first kappa shape index (κ1) is 9.92. The SMILES string of the molecule is CC(CCO)Nc1nc2ccccn2n1. The van der Waals surface area contributed by atoms with E-state index >= 15 is 0 Å². The molecule has 2 N–H and O–H groups in total. The Morgan fingerprint density at radius 1 is 1.53 bits per heavy atom. The highest BCUT2D eigenvalue weighted by Gasteiger charge is 2.05. The molecule has 0 aliphatic rings. The van der Waals surface area contributed by atoms with Gasteiger partial charge in [0, 0.05) is 18.8 Å². The maximum atomic E-state index is 8.77. The van der Waals surface area contributed by atoms with Crippen molar-refractivity contribution in [2.45, 2.75) is 19.4 Å². The second-order valence-corrected chi connectivity index (χ2v) is 3.50. The molecule has 0 aliphatic heterocycles. The van der Waals surface area contributed by atoms with Crippen LogP contribution in [0.3, 0.4) is 0 Å². The van der Waals surface area contributed by atoms with Gasteiger partial charge in [-0.15, -0.1) is 5.10 Å². The molecule has 2 rings (SSSR count). The number of anilines is 1. The van der Waals surface area contributed by atoms with E-state index in [2.05, 4.69) is 15.4 Å². The summed E-state index contributed by atoms with van der Waals surface area (Å²) >= 11 is 0. The minimum absolute atomic E-state index is 0.168. The van der Waals surface area contributed by atoms with Crippen LogP contribution in [-0.4, -0.2) is 32.4 Å². The van der Waals surface area contributed by atoms with E-state index in [9.17, 15) is 0 Å². The third-order valence-electron chi connectivity index (χ3n) is 2.18. The number of aliphatic hydroxyl groups excluding tert-OH is 1. The molecule has 5 heteroatoms. The van der Waals surface area contributed by atoms with Gasteiger partial charge in [0.15, 0.2) is 5.65 Å². The zero-order chi connectivity index (χ0) is 10.7. The maximum absolute atomic E-state index is 8.77. The lowest BCUT2D eigenvalue weighted by Crippen LogP contribution is -2.17. The van der Waals surface area contributed by atoms with Gasteiger partial charge in [0.2, 0.25) is 5.95 Å². The zero-order valence-corrected chi connectivity index (χ0v) is 8.59. The third kappa shape index (κ3) is 2.24. The molecular formula is C10H14N4O. The Morgan fingerprint density at radius 2 is 2.40 bits per heavy atom. The molecule has 0 aromatic carbocycles. The van der Waals surface area contributed by atoms with Gasteiger partial charge in [0.25, 0.3) is 0 Å². The average Bonchev–Trinajstić information content (AvgIpc) is 2.59. The molecule has 0 aliphatic carbocycles. The van der Waals surface area contributed by atoms with Gasteiger partial charge in [-0.05, 0) is 25.5 Å². The number of nitrogens with zero attached hydrogens (tertiary/aromatic N) is 3. The smallest absolute Gasteiger partial charge is 0.243 e. The minimum atomic E-state index is 0.168. The lowest BCUT2D eigenvalue weighted by Gasteiger charge is -2.09. The van der Waals surface area contributed by atoms with Crippen LogP contribution in [0.15, 0.2) is 24.4 Å². The Bertz CT molecular complexity index is 407. The van der Waals surface area contributed by atoms with Crippen LogP contribution in [0.4, 0.5) is 5.95 Å². The largest absolute Gasteiger partial charge is 0.396 e.